The van der Waals surface area contributed by atoms with Gasteiger partial charge < -0.3 is 19.9 Å². The highest BCUT2D eigenvalue weighted by Crippen LogP contribution is 2.43. The van der Waals surface area contributed by atoms with E-state index in [1.165, 1.54) is 25.0 Å². The molecule has 0 aliphatic heterocycles. The number of amides is 1. The number of rotatable bonds is 11. The molecule has 2 N–H and O–H groups in total. The van der Waals surface area contributed by atoms with Gasteiger partial charge in [-0.25, -0.2) is 8.78 Å². The molecular weight excluding hydrogens is 448 g/mol. The van der Waals surface area contributed by atoms with Crippen LogP contribution in [0.2, 0.25) is 0 Å². The number of hydrogen-bond donors (Lipinski definition) is 2. The summed E-state index contributed by atoms with van der Waals surface area (Å²) in [6, 6.07) is 1.21. The maximum atomic E-state index is 14.6. The predicted molar refractivity (Wildman–Crippen MR) is 123 cm³/mol. The topological polar surface area (TPSA) is 103 Å². The molecule has 0 fully saturated rings. The molecular formula is C24H33F2N3O5. The molecule has 0 aliphatic carbocycles. The van der Waals surface area contributed by atoms with Gasteiger partial charge in [0.05, 0.1) is 37.9 Å². The van der Waals surface area contributed by atoms with Gasteiger partial charge in [-0.3, -0.25) is 14.3 Å². The van der Waals surface area contributed by atoms with E-state index in [1.54, 1.807) is 0 Å². The third-order valence-corrected chi connectivity index (χ3v) is 5.64. The number of benzene rings is 1. The first-order valence-corrected chi connectivity index (χ1v) is 11.1. The Hall–Kier alpha value is -3.17. The van der Waals surface area contributed by atoms with E-state index in [9.17, 15) is 23.5 Å². The average molecular weight is 482 g/mol. The largest absolute Gasteiger partial charge is 0.493 e. The number of nitrogens with zero attached hydrogens (tertiary/aromatic N) is 2. The first-order valence-electron chi connectivity index (χ1n) is 11.1. The smallest absolute Gasteiger partial charge is 0.305 e. The number of carbonyl (C=O) groups is 2. The van der Waals surface area contributed by atoms with Crippen molar-refractivity contribution in [3.63, 3.8) is 0 Å². The molecule has 0 spiro atoms. The van der Waals surface area contributed by atoms with Crippen LogP contribution in [0.15, 0.2) is 12.1 Å². The first kappa shape index (κ1) is 27.1. The van der Waals surface area contributed by atoms with Gasteiger partial charge in [-0.2, -0.15) is 5.10 Å². The number of carboxylic acid groups (broad SMARTS) is 1. The normalized spacial score (nSPS) is 13.1. The van der Waals surface area contributed by atoms with E-state index in [2.05, 4.69) is 10.4 Å². The van der Waals surface area contributed by atoms with Crippen LogP contribution in [0.1, 0.15) is 64.0 Å². The van der Waals surface area contributed by atoms with E-state index in [-0.39, 0.29) is 52.7 Å². The summed E-state index contributed by atoms with van der Waals surface area (Å²) < 4.78 is 41.1. The molecule has 0 saturated heterocycles. The maximum Gasteiger partial charge on any atom is 0.305 e. The minimum atomic E-state index is -1.03. The second-order valence-electron chi connectivity index (χ2n) is 9.02. The van der Waals surface area contributed by atoms with Crippen molar-refractivity contribution in [3.05, 3.63) is 29.5 Å². The van der Waals surface area contributed by atoms with Crippen LogP contribution in [0, 0.1) is 23.5 Å². The molecule has 0 saturated carbocycles. The van der Waals surface area contributed by atoms with Gasteiger partial charge in [0.2, 0.25) is 0 Å². The van der Waals surface area contributed by atoms with Gasteiger partial charge in [0.25, 0.3) is 5.91 Å². The van der Waals surface area contributed by atoms with Crippen molar-refractivity contribution >= 4 is 11.9 Å². The lowest BCUT2D eigenvalue weighted by Gasteiger charge is -2.21. The van der Waals surface area contributed by atoms with Crippen LogP contribution < -0.4 is 14.8 Å². The second kappa shape index (κ2) is 11.3. The zero-order chi connectivity index (χ0) is 25.7. The number of nitrogens with one attached hydrogen (secondary N) is 1. The summed E-state index contributed by atoms with van der Waals surface area (Å²) in [4.78, 5) is 24.3. The van der Waals surface area contributed by atoms with E-state index in [0.29, 0.717) is 12.5 Å². The van der Waals surface area contributed by atoms with Gasteiger partial charge in [-0.05, 0) is 31.2 Å². The summed E-state index contributed by atoms with van der Waals surface area (Å²) in [5.41, 5.74) is 0.207. The number of aromatic nitrogens is 2. The van der Waals surface area contributed by atoms with E-state index in [1.807, 2.05) is 34.6 Å². The van der Waals surface area contributed by atoms with Crippen LogP contribution in [-0.2, 0) is 4.79 Å². The molecule has 10 heteroatoms. The summed E-state index contributed by atoms with van der Waals surface area (Å²) in [6.07, 6.45) is 0.224. The van der Waals surface area contributed by atoms with Crippen molar-refractivity contribution in [3.8, 4) is 22.8 Å². The Kier molecular flexibility index (Phi) is 9.00. The van der Waals surface area contributed by atoms with E-state index in [4.69, 9.17) is 9.47 Å². The third-order valence-electron chi connectivity index (χ3n) is 5.64. The van der Waals surface area contributed by atoms with Crippen molar-refractivity contribution in [2.24, 2.45) is 11.8 Å². The number of carboxylic acids is 1. The molecule has 1 heterocycles. The lowest BCUT2D eigenvalue weighted by molar-refractivity contribution is -0.137. The zero-order valence-corrected chi connectivity index (χ0v) is 20.6. The van der Waals surface area contributed by atoms with Crippen molar-refractivity contribution < 1.29 is 33.0 Å². The van der Waals surface area contributed by atoms with Crippen LogP contribution in [0.3, 0.4) is 0 Å². The van der Waals surface area contributed by atoms with Crippen molar-refractivity contribution in [1.29, 1.82) is 0 Å². The molecule has 2 aromatic rings. The fourth-order valence-corrected chi connectivity index (χ4v) is 3.73. The van der Waals surface area contributed by atoms with E-state index < -0.39 is 29.6 Å². The monoisotopic (exact) mass is 481 g/mol. The number of aliphatic carboxylic acids is 1. The van der Waals surface area contributed by atoms with Crippen LogP contribution in [0.4, 0.5) is 8.78 Å². The Morgan fingerprint density at radius 1 is 1.06 bits per heavy atom. The molecule has 0 radical (unpaired) electrons. The van der Waals surface area contributed by atoms with Crippen LogP contribution in [0.5, 0.6) is 11.5 Å². The average Bonchev–Trinajstić information content (AvgIpc) is 3.16. The molecule has 2 atom stereocenters. The van der Waals surface area contributed by atoms with E-state index >= 15 is 0 Å². The quantitative estimate of drug-likeness (QED) is 0.483. The number of halogens is 2. The number of carbonyl (C=O) groups excluding carboxylic acids is 1. The first-order chi connectivity index (χ1) is 15.9. The van der Waals surface area contributed by atoms with Gasteiger partial charge in [0.1, 0.15) is 0 Å². The number of hydrogen-bond acceptors (Lipinski definition) is 5. The number of methoxy groups -OCH3 is 2. The SMILES string of the molecule is COc1c(F)cc(F)c(OC)c1-c1cc(C(=O)NC(CC(=O)O)CC(C)C)nn1C(C)C(C)C. The highest BCUT2D eigenvalue weighted by atomic mass is 19.1. The molecule has 0 bridgehead atoms. The van der Waals surface area contributed by atoms with Crippen LogP contribution >= 0.6 is 0 Å². The Morgan fingerprint density at radius 2 is 1.62 bits per heavy atom. The molecule has 34 heavy (non-hydrogen) atoms. The molecule has 188 valence electrons. The summed E-state index contributed by atoms with van der Waals surface area (Å²) in [5.74, 6) is -3.74. The lowest BCUT2D eigenvalue weighted by atomic mass is 10.0. The van der Waals surface area contributed by atoms with Crippen molar-refractivity contribution in [1.82, 2.24) is 15.1 Å². The standard InChI is InChI=1S/C24H33F2N3O5/c1-12(2)8-15(9-20(30)31)27-24(32)18-11-19(29(28-18)14(5)13(3)4)21-22(33-6)16(25)10-17(26)23(21)34-7/h10-15H,8-9H2,1-7H3,(H,27,32)(H,30,31). The summed E-state index contributed by atoms with van der Waals surface area (Å²) in [5, 5.41) is 16.4. The van der Waals surface area contributed by atoms with Gasteiger partial charge in [0, 0.05) is 12.1 Å². The van der Waals surface area contributed by atoms with E-state index in [0.717, 1.165) is 0 Å². The van der Waals surface area contributed by atoms with Crippen LogP contribution in [-0.4, -0.2) is 47.0 Å². The fourth-order valence-electron chi connectivity index (χ4n) is 3.73. The number of ether oxygens (including phenoxy) is 2. The Labute approximate surface area is 198 Å². The van der Waals surface area contributed by atoms with Gasteiger partial charge in [-0.15, -0.1) is 0 Å². The highest BCUT2D eigenvalue weighted by Gasteiger charge is 2.29. The van der Waals surface area contributed by atoms with Gasteiger partial charge in [-0.1, -0.05) is 27.7 Å². The highest BCUT2D eigenvalue weighted by molar-refractivity contribution is 5.94. The molecule has 1 amide bonds. The fraction of sp³-hybridized carbons (Fsp3) is 0.542. The Bertz CT molecular complexity index is 1010. The third kappa shape index (κ3) is 6.03. The van der Waals surface area contributed by atoms with Gasteiger partial charge in [0.15, 0.2) is 28.8 Å². The van der Waals surface area contributed by atoms with Crippen molar-refractivity contribution in [2.75, 3.05) is 14.2 Å². The molecule has 0 aliphatic rings. The lowest BCUT2D eigenvalue weighted by Crippen LogP contribution is -2.37. The summed E-state index contributed by atoms with van der Waals surface area (Å²) >= 11 is 0. The summed E-state index contributed by atoms with van der Waals surface area (Å²) in [6.45, 7) is 9.61. The Morgan fingerprint density at radius 3 is 2.06 bits per heavy atom. The Balaban J connectivity index is 2.65. The zero-order valence-electron chi connectivity index (χ0n) is 20.6. The second-order valence-corrected chi connectivity index (χ2v) is 9.02. The minimum Gasteiger partial charge on any atom is -0.493 e. The molecule has 2 rings (SSSR count). The van der Waals surface area contributed by atoms with Gasteiger partial charge >= 0.3 is 5.97 Å². The van der Waals surface area contributed by atoms with Crippen LogP contribution in [0.25, 0.3) is 11.3 Å². The molecule has 1 aromatic carbocycles. The predicted octanol–water partition coefficient (Wildman–Crippen LogP) is 4.68. The maximum absolute atomic E-state index is 14.6. The minimum absolute atomic E-state index is 0.00850. The molecule has 1 aromatic heterocycles. The summed E-state index contributed by atoms with van der Waals surface area (Å²) in [7, 11) is 2.50. The molecule has 8 nitrogen and oxygen atoms in total. The van der Waals surface area contributed by atoms with Crippen molar-refractivity contribution in [2.45, 2.75) is 59.5 Å². The molecule has 2 unspecified atom stereocenters.